The molecule has 26 heavy (non-hydrogen) atoms. The van der Waals surface area contributed by atoms with Crippen LogP contribution in [-0.2, 0) is 9.53 Å². The first-order valence-electron chi connectivity index (χ1n) is 8.30. The molecular weight excluding hydrogens is 334 g/mol. The van der Waals surface area contributed by atoms with Gasteiger partial charge in [-0.25, -0.2) is 9.97 Å². The van der Waals surface area contributed by atoms with E-state index in [-0.39, 0.29) is 24.0 Å². The number of carbonyl (C=O) groups is 2. The Morgan fingerprint density at radius 1 is 1.19 bits per heavy atom. The van der Waals surface area contributed by atoms with Crippen LogP contribution < -0.4 is 10.6 Å². The minimum absolute atomic E-state index is 0.126. The monoisotopic (exact) mass is 355 g/mol. The predicted octanol–water partition coefficient (Wildman–Crippen LogP) is 1.20. The maximum Gasteiger partial charge on any atom is 0.323 e. The van der Waals surface area contributed by atoms with Crippen molar-refractivity contribution in [1.82, 2.24) is 20.2 Å². The fourth-order valence-corrected chi connectivity index (χ4v) is 2.94. The van der Waals surface area contributed by atoms with Crippen molar-refractivity contribution >= 4 is 23.5 Å². The maximum absolute atomic E-state index is 12.4. The van der Waals surface area contributed by atoms with E-state index < -0.39 is 0 Å². The lowest BCUT2D eigenvalue weighted by Crippen LogP contribution is -2.36. The number of methoxy groups -OCH3 is 1. The standard InChI is InChI=1S/C18H21N5O3/c1-23-11-14(8-15(23)17(25)26-2)21-16(24)12-9-19-18(20-10-12)22-13-6-4-3-5-7-13/h3-7,9-10,14-15H,8,11H2,1-2H3,(H,21,24)(H,19,20,22). The number of nitrogens with zero attached hydrogens (tertiary/aromatic N) is 3. The molecule has 2 heterocycles. The van der Waals surface area contributed by atoms with E-state index in [1.165, 1.54) is 19.5 Å². The summed E-state index contributed by atoms with van der Waals surface area (Å²) in [5, 5.41) is 5.98. The van der Waals surface area contributed by atoms with Crippen molar-refractivity contribution < 1.29 is 14.3 Å². The van der Waals surface area contributed by atoms with Crippen molar-refractivity contribution in [3.8, 4) is 0 Å². The molecule has 1 aliphatic heterocycles. The zero-order chi connectivity index (χ0) is 18.5. The number of likely N-dealkylation sites (tertiary alicyclic amines) is 1. The van der Waals surface area contributed by atoms with Crippen molar-refractivity contribution in [3.63, 3.8) is 0 Å². The van der Waals surface area contributed by atoms with Gasteiger partial charge in [-0.2, -0.15) is 0 Å². The number of rotatable bonds is 5. The maximum atomic E-state index is 12.4. The fourth-order valence-electron chi connectivity index (χ4n) is 2.94. The smallest absolute Gasteiger partial charge is 0.323 e. The number of para-hydroxylation sites is 1. The zero-order valence-electron chi connectivity index (χ0n) is 14.7. The number of hydrogen-bond acceptors (Lipinski definition) is 7. The van der Waals surface area contributed by atoms with E-state index in [2.05, 4.69) is 20.6 Å². The van der Waals surface area contributed by atoms with Crippen molar-refractivity contribution in [2.75, 3.05) is 26.0 Å². The Hall–Kier alpha value is -3.00. The summed E-state index contributed by atoms with van der Waals surface area (Å²) in [7, 11) is 3.20. The molecule has 2 aromatic rings. The molecule has 3 rings (SSSR count). The largest absolute Gasteiger partial charge is 0.468 e. The summed E-state index contributed by atoms with van der Waals surface area (Å²) >= 11 is 0. The lowest BCUT2D eigenvalue weighted by atomic mass is 10.1. The second-order valence-corrected chi connectivity index (χ2v) is 6.17. The number of aromatic nitrogens is 2. The van der Waals surface area contributed by atoms with Gasteiger partial charge in [0.05, 0.1) is 12.7 Å². The highest BCUT2D eigenvalue weighted by atomic mass is 16.5. The molecule has 1 fully saturated rings. The van der Waals surface area contributed by atoms with Crippen molar-refractivity contribution in [3.05, 3.63) is 48.3 Å². The van der Waals surface area contributed by atoms with Gasteiger partial charge in [-0.05, 0) is 25.6 Å². The van der Waals surface area contributed by atoms with Crippen LogP contribution in [0.15, 0.2) is 42.7 Å². The summed E-state index contributed by atoms with van der Waals surface area (Å²) in [6.45, 7) is 0.583. The van der Waals surface area contributed by atoms with E-state index in [0.29, 0.717) is 24.5 Å². The molecular formula is C18H21N5O3. The Bertz CT molecular complexity index is 766. The molecule has 1 aliphatic rings. The lowest BCUT2D eigenvalue weighted by Gasteiger charge is -2.15. The summed E-state index contributed by atoms with van der Waals surface area (Å²) in [4.78, 5) is 34.3. The molecule has 1 aromatic heterocycles. The van der Waals surface area contributed by atoms with Crippen LogP contribution in [0.2, 0.25) is 0 Å². The van der Waals surface area contributed by atoms with Crippen molar-refractivity contribution in [2.45, 2.75) is 18.5 Å². The molecule has 0 spiro atoms. The number of likely N-dealkylation sites (N-methyl/N-ethyl adjacent to an activating group) is 1. The van der Waals surface area contributed by atoms with Gasteiger partial charge in [0, 0.05) is 30.7 Å². The third-order valence-corrected chi connectivity index (χ3v) is 4.30. The molecule has 1 amide bonds. The Balaban J connectivity index is 1.58. The third kappa shape index (κ3) is 4.15. The van der Waals surface area contributed by atoms with Crippen molar-refractivity contribution in [1.29, 1.82) is 0 Å². The average molecular weight is 355 g/mol. The van der Waals surface area contributed by atoms with Gasteiger partial charge in [-0.15, -0.1) is 0 Å². The molecule has 2 N–H and O–H groups in total. The highest BCUT2D eigenvalue weighted by Gasteiger charge is 2.35. The molecule has 1 aromatic carbocycles. The van der Waals surface area contributed by atoms with Crippen LogP contribution in [0.5, 0.6) is 0 Å². The Labute approximate surface area is 151 Å². The number of nitrogens with one attached hydrogen (secondary N) is 2. The predicted molar refractivity (Wildman–Crippen MR) is 96.1 cm³/mol. The van der Waals surface area contributed by atoms with Gasteiger partial charge in [-0.1, -0.05) is 18.2 Å². The van der Waals surface area contributed by atoms with Crippen molar-refractivity contribution in [2.24, 2.45) is 0 Å². The highest BCUT2D eigenvalue weighted by molar-refractivity contribution is 5.94. The minimum atomic E-state index is -0.334. The van der Waals surface area contributed by atoms with E-state index in [1.54, 1.807) is 0 Å². The van der Waals surface area contributed by atoms with Crippen LogP contribution in [-0.4, -0.2) is 59.5 Å². The van der Waals surface area contributed by atoms with E-state index in [0.717, 1.165) is 5.69 Å². The van der Waals surface area contributed by atoms with Gasteiger partial charge in [0.25, 0.3) is 5.91 Å². The Kier molecular flexibility index (Phi) is 5.43. The average Bonchev–Trinajstić information content (AvgIpc) is 3.02. The second-order valence-electron chi connectivity index (χ2n) is 6.17. The number of amides is 1. The fraction of sp³-hybridized carbons (Fsp3) is 0.333. The number of anilines is 2. The number of hydrogen-bond donors (Lipinski definition) is 2. The van der Waals surface area contributed by atoms with Gasteiger partial charge in [0.15, 0.2) is 0 Å². The molecule has 2 unspecified atom stereocenters. The summed E-state index contributed by atoms with van der Waals surface area (Å²) < 4.78 is 4.78. The van der Waals surface area contributed by atoms with E-state index in [9.17, 15) is 9.59 Å². The van der Waals surface area contributed by atoms with E-state index >= 15 is 0 Å². The first-order chi connectivity index (χ1) is 12.6. The SMILES string of the molecule is COC(=O)C1CC(NC(=O)c2cnc(Nc3ccccc3)nc2)CN1C. The summed E-state index contributed by atoms with van der Waals surface area (Å²) in [5.41, 5.74) is 1.24. The molecule has 136 valence electrons. The molecule has 8 heteroatoms. The van der Waals surface area contributed by atoms with Crippen LogP contribution in [0.25, 0.3) is 0 Å². The summed E-state index contributed by atoms with van der Waals surface area (Å²) in [5.74, 6) is -0.136. The zero-order valence-corrected chi connectivity index (χ0v) is 14.7. The molecule has 8 nitrogen and oxygen atoms in total. The Morgan fingerprint density at radius 2 is 1.88 bits per heavy atom. The molecule has 0 bridgehead atoms. The van der Waals surface area contributed by atoms with Crippen LogP contribution in [0, 0.1) is 0 Å². The second kappa shape index (κ2) is 7.92. The van der Waals surface area contributed by atoms with Gasteiger partial charge < -0.3 is 15.4 Å². The van der Waals surface area contributed by atoms with Crippen LogP contribution in [0.1, 0.15) is 16.8 Å². The van der Waals surface area contributed by atoms with Gasteiger partial charge in [0.2, 0.25) is 5.95 Å². The number of benzene rings is 1. The quantitative estimate of drug-likeness (QED) is 0.778. The first-order valence-corrected chi connectivity index (χ1v) is 8.30. The highest BCUT2D eigenvalue weighted by Crippen LogP contribution is 2.17. The molecule has 1 saturated heterocycles. The van der Waals surface area contributed by atoms with Crippen LogP contribution in [0.4, 0.5) is 11.6 Å². The van der Waals surface area contributed by atoms with Gasteiger partial charge in [-0.3, -0.25) is 14.5 Å². The molecule has 0 radical (unpaired) electrons. The number of ether oxygens (including phenoxy) is 1. The number of carbonyl (C=O) groups excluding carboxylic acids is 2. The summed E-state index contributed by atoms with van der Waals surface area (Å²) in [6, 6.07) is 9.08. The van der Waals surface area contributed by atoms with Crippen LogP contribution in [0.3, 0.4) is 0 Å². The lowest BCUT2D eigenvalue weighted by molar-refractivity contribution is -0.145. The molecule has 0 aliphatic carbocycles. The van der Waals surface area contributed by atoms with Crippen LogP contribution >= 0.6 is 0 Å². The van der Waals surface area contributed by atoms with E-state index in [4.69, 9.17) is 4.74 Å². The third-order valence-electron chi connectivity index (χ3n) is 4.30. The Morgan fingerprint density at radius 3 is 2.54 bits per heavy atom. The molecule has 2 atom stereocenters. The van der Waals surface area contributed by atoms with E-state index in [1.807, 2.05) is 42.3 Å². The topological polar surface area (TPSA) is 96.4 Å². The normalized spacial score (nSPS) is 19.8. The van der Waals surface area contributed by atoms with Gasteiger partial charge >= 0.3 is 5.97 Å². The van der Waals surface area contributed by atoms with Gasteiger partial charge in [0.1, 0.15) is 6.04 Å². The first kappa shape index (κ1) is 17.8. The number of esters is 1. The summed E-state index contributed by atoms with van der Waals surface area (Å²) in [6.07, 6.45) is 3.47. The molecule has 0 saturated carbocycles. The minimum Gasteiger partial charge on any atom is -0.468 e.